The summed E-state index contributed by atoms with van der Waals surface area (Å²) in [5, 5.41) is 2.51. The Morgan fingerprint density at radius 3 is 2.56 bits per heavy atom. The second-order valence-corrected chi connectivity index (χ2v) is 4.85. The van der Waals surface area contributed by atoms with E-state index in [-0.39, 0.29) is 17.1 Å². The smallest absolute Gasteiger partial charge is 0.232 e. The van der Waals surface area contributed by atoms with Gasteiger partial charge in [-0.1, -0.05) is 18.3 Å². The highest BCUT2D eigenvalue weighted by atomic mass is 32.1. The van der Waals surface area contributed by atoms with Gasteiger partial charge >= 0.3 is 0 Å². The maximum Gasteiger partial charge on any atom is 0.232 e. The van der Waals surface area contributed by atoms with Gasteiger partial charge in [0.15, 0.2) is 0 Å². The summed E-state index contributed by atoms with van der Waals surface area (Å²) in [6.45, 7) is 3.11. The van der Waals surface area contributed by atoms with Gasteiger partial charge in [0.05, 0.1) is 10.4 Å². The second-order valence-electron chi connectivity index (χ2n) is 4.41. The maximum absolute atomic E-state index is 13.3. The van der Waals surface area contributed by atoms with E-state index in [9.17, 15) is 13.6 Å². The van der Waals surface area contributed by atoms with E-state index in [0.29, 0.717) is 0 Å². The molecule has 0 fully saturated rings. The van der Waals surface area contributed by atoms with Gasteiger partial charge in [-0.3, -0.25) is 4.79 Å². The molecule has 0 aliphatic rings. The Kier molecular flexibility index (Phi) is 4.34. The fraction of sp³-hybridized carbons (Fsp3) is 0.333. The molecule has 3 nitrogen and oxygen atoms in total. The minimum absolute atomic E-state index is 0.0447. The zero-order valence-electron chi connectivity index (χ0n) is 10.1. The van der Waals surface area contributed by atoms with E-state index in [1.807, 2.05) is 0 Å². The molecule has 6 heteroatoms. The summed E-state index contributed by atoms with van der Waals surface area (Å²) >= 11 is 4.77. The zero-order valence-corrected chi connectivity index (χ0v) is 10.9. The van der Waals surface area contributed by atoms with Crippen LogP contribution in [0.2, 0.25) is 0 Å². The summed E-state index contributed by atoms with van der Waals surface area (Å²) in [6.07, 6.45) is 0. The van der Waals surface area contributed by atoms with Gasteiger partial charge in [-0.05, 0) is 19.9 Å². The Hall–Kier alpha value is -1.56. The maximum atomic E-state index is 13.3. The lowest BCUT2D eigenvalue weighted by Gasteiger charge is -2.22. The highest BCUT2D eigenvalue weighted by molar-refractivity contribution is 7.80. The van der Waals surface area contributed by atoms with Crippen LogP contribution in [-0.4, -0.2) is 10.9 Å². The lowest BCUT2D eigenvalue weighted by atomic mass is 9.92. The Morgan fingerprint density at radius 2 is 2.06 bits per heavy atom. The number of carbonyl (C=O) groups excluding carboxylic acids is 1. The summed E-state index contributed by atoms with van der Waals surface area (Å²) < 4.78 is 26.0. The van der Waals surface area contributed by atoms with Crippen molar-refractivity contribution in [2.24, 2.45) is 11.1 Å². The third-order valence-corrected chi connectivity index (χ3v) is 3.15. The van der Waals surface area contributed by atoms with Crippen LogP contribution in [0, 0.1) is 17.0 Å². The van der Waals surface area contributed by atoms with Crippen molar-refractivity contribution in [2.75, 3.05) is 0 Å². The van der Waals surface area contributed by atoms with Crippen LogP contribution in [-0.2, 0) is 11.3 Å². The van der Waals surface area contributed by atoms with Crippen molar-refractivity contribution in [3.05, 3.63) is 35.4 Å². The van der Waals surface area contributed by atoms with Crippen LogP contribution in [0.3, 0.4) is 0 Å². The molecule has 0 radical (unpaired) electrons. The fourth-order valence-electron chi connectivity index (χ4n) is 1.17. The minimum atomic E-state index is -1.01. The number of carbonyl (C=O) groups is 1. The molecule has 0 aliphatic heterocycles. The van der Waals surface area contributed by atoms with Crippen LogP contribution in [0.15, 0.2) is 18.2 Å². The van der Waals surface area contributed by atoms with E-state index in [4.69, 9.17) is 18.0 Å². The van der Waals surface area contributed by atoms with Crippen LogP contribution >= 0.6 is 12.2 Å². The predicted molar refractivity (Wildman–Crippen MR) is 68.8 cm³/mol. The lowest BCUT2D eigenvalue weighted by Crippen LogP contribution is -2.44. The van der Waals surface area contributed by atoms with Gasteiger partial charge in [-0.15, -0.1) is 0 Å². The largest absolute Gasteiger partial charge is 0.392 e. The molecule has 98 valence electrons. The first-order chi connectivity index (χ1) is 8.25. The monoisotopic (exact) mass is 272 g/mol. The van der Waals surface area contributed by atoms with Gasteiger partial charge in [-0.2, -0.15) is 0 Å². The first-order valence-corrected chi connectivity index (χ1v) is 5.68. The summed E-state index contributed by atoms with van der Waals surface area (Å²) in [5.41, 5.74) is 4.63. The fourth-order valence-corrected chi connectivity index (χ4v) is 1.27. The van der Waals surface area contributed by atoms with Crippen molar-refractivity contribution >= 4 is 23.1 Å². The van der Waals surface area contributed by atoms with Crippen molar-refractivity contribution < 1.29 is 13.6 Å². The molecule has 0 aliphatic carbocycles. The first kappa shape index (κ1) is 14.5. The van der Waals surface area contributed by atoms with Crippen LogP contribution in [0.5, 0.6) is 0 Å². The number of benzene rings is 1. The number of nitrogens with one attached hydrogen (secondary N) is 1. The summed E-state index contributed by atoms with van der Waals surface area (Å²) in [4.78, 5) is 11.8. The molecule has 1 rings (SSSR count). The number of nitrogens with two attached hydrogens (primary N) is 1. The molecule has 1 aromatic carbocycles. The third-order valence-electron chi connectivity index (χ3n) is 2.64. The molecule has 18 heavy (non-hydrogen) atoms. The number of thiocarbonyl (C=S) groups is 1. The van der Waals surface area contributed by atoms with Crippen molar-refractivity contribution in [3.8, 4) is 0 Å². The van der Waals surface area contributed by atoms with E-state index in [2.05, 4.69) is 5.32 Å². The van der Waals surface area contributed by atoms with E-state index >= 15 is 0 Å². The lowest BCUT2D eigenvalue weighted by molar-refractivity contribution is -0.126. The molecule has 1 aromatic rings. The van der Waals surface area contributed by atoms with Crippen molar-refractivity contribution in [3.63, 3.8) is 0 Å². The Bertz CT molecular complexity index is 489. The zero-order chi connectivity index (χ0) is 13.9. The number of hydrogen-bond donors (Lipinski definition) is 2. The molecular weight excluding hydrogens is 258 g/mol. The molecule has 0 saturated carbocycles. The number of rotatable bonds is 4. The van der Waals surface area contributed by atoms with Crippen LogP contribution in [0.1, 0.15) is 19.4 Å². The molecule has 3 N–H and O–H groups in total. The van der Waals surface area contributed by atoms with Gasteiger partial charge in [0.1, 0.15) is 11.6 Å². The van der Waals surface area contributed by atoms with Crippen molar-refractivity contribution in [1.29, 1.82) is 0 Å². The van der Waals surface area contributed by atoms with Gasteiger partial charge in [0.2, 0.25) is 5.91 Å². The molecule has 0 bridgehead atoms. The summed E-state index contributed by atoms with van der Waals surface area (Å²) in [5.74, 6) is -1.77. The molecule has 0 aromatic heterocycles. The molecule has 0 heterocycles. The van der Waals surface area contributed by atoms with Crippen LogP contribution in [0.4, 0.5) is 8.78 Å². The summed E-state index contributed by atoms with van der Waals surface area (Å²) in [6, 6.07) is 3.17. The summed E-state index contributed by atoms with van der Waals surface area (Å²) in [7, 11) is 0. The van der Waals surface area contributed by atoms with Crippen LogP contribution in [0.25, 0.3) is 0 Å². The average molecular weight is 272 g/mol. The van der Waals surface area contributed by atoms with Gasteiger partial charge in [0.25, 0.3) is 0 Å². The van der Waals surface area contributed by atoms with E-state index < -0.39 is 23.0 Å². The van der Waals surface area contributed by atoms with E-state index in [0.717, 1.165) is 12.1 Å². The number of amides is 1. The Morgan fingerprint density at radius 1 is 1.44 bits per heavy atom. The van der Waals surface area contributed by atoms with E-state index in [1.54, 1.807) is 13.8 Å². The highest BCUT2D eigenvalue weighted by Gasteiger charge is 2.30. The molecule has 0 spiro atoms. The second kappa shape index (κ2) is 5.39. The predicted octanol–water partition coefficient (Wildman–Crippen LogP) is 1.89. The van der Waals surface area contributed by atoms with Crippen molar-refractivity contribution in [1.82, 2.24) is 5.32 Å². The quantitative estimate of drug-likeness (QED) is 0.823. The Balaban J connectivity index is 2.71. The molecule has 0 atom stereocenters. The average Bonchev–Trinajstić information content (AvgIpc) is 2.27. The topological polar surface area (TPSA) is 55.1 Å². The van der Waals surface area contributed by atoms with Gasteiger partial charge in [-0.25, -0.2) is 8.78 Å². The molecule has 0 unspecified atom stereocenters. The number of halogens is 2. The van der Waals surface area contributed by atoms with Gasteiger partial charge < -0.3 is 11.1 Å². The van der Waals surface area contributed by atoms with Crippen molar-refractivity contribution in [2.45, 2.75) is 20.4 Å². The SMILES string of the molecule is CC(C)(C(=O)NCc1ccc(F)cc1F)C(N)=S. The molecular formula is C12H14F2N2OS. The third kappa shape index (κ3) is 3.22. The van der Waals surface area contributed by atoms with Gasteiger partial charge in [0, 0.05) is 18.2 Å². The minimum Gasteiger partial charge on any atom is -0.392 e. The van der Waals surface area contributed by atoms with Crippen LogP contribution < -0.4 is 11.1 Å². The molecule has 1 amide bonds. The van der Waals surface area contributed by atoms with E-state index in [1.165, 1.54) is 6.07 Å². The first-order valence-electron chi connectivity index (χ1n) is 5.27. The molecule has 0 saturated heterocycles. The standard InChI is InChI=1S/C12H14F2N2OS/c1-12(2,10(15)18)11(17)16-6-7-3-4-8(13)5-9(7)14/h3-5H,6H2,1-2H3,(H2,15,18)(H,16,17). The Labute approximate surface area is 109 Å². The highest BCUT2D eigenvalue weighted by Crippen LogP contribution is 2.16. The number of hydrogen-bond acceptors (Lipinski definition) is 2. The normalized spacial score (nSPS) is 11.1.